The topological polar surface area (TPSA) is 74.6 Å². The monoisotopic (exact) mass is 310 g/mol. The maximum absolute atomic E-state index is 11.7. The Hall–Kier alpha value is -1.06. The van der Waals surface area contributed by atoms with Crippen LogP contribution in [0.2, 0.25) is 0 Å². The molecule has 2 N–H and O–H groups in total. The summed E-state index contributed by atoms with van der Waals surface area (Å²) in [5.74, 6) is -0.305. The van der Waals surface area contributed by atoms with E-state index in [9.17, 15) is 19.8 Å². The summed E-state index contributed by atoms with van der Waals surface area (Å²) in [6, 6.07) is 0. The number of carbonyl (C=O) groups is 2. The molecule has 6 unspecified atom stereocenters. The first-order valence-electron chi connectivity index (χ1n) is 8.95. The molecule has 0 bridgehead atoms. The summed E-state index contributed by atoms with van der Waals surface area (Å²) < 4.78 is 0. The minimum absolute atomic E-state index is 0.218. The fraction of sp³-hybridized carbons (Fsp3) is 0.889. The lowest BCUT2D eigenvalue weighted by atomic mass is 9.55. The van der Waals surface area contributed by atoms with Gasteiger partial charge in [0.1, 0.15) is 0 Å². The number of aliphatic carboxylic acids is 2. The number of hydrogen-bond acceptors (Lipinski definition) is 2. The predicted octanol–water partition coefficient (Wildman–Crippen LogP) is 4.04. The van der Waals surface area contributed by atoms with Crippen molar-refractivity contribution in [2.45, 2.75) is 65.2 Å². The Morgan fingerprint density at radius 3 is 2.27 bits per heavy atom. The summed E-state index contributed by atoms with van der Waals surface area (Å²) in [6.45, 7) is 4.26. The van der Waals surface area contributed by atoms with Crippen molar-refractivity contribution >= 4 is 11.9 Å². The van der Waals surface area contributed by atoms with Gasteiger partial charge in [0.2, 0.25) is 0 Å². The van der Waals surface area contributed by atoms with Gasteiger partial charge in [0.15, 0.2) is 0 Å². The summed E-state index contributed by atoms with van der Waals surface area (Å²) in [6.07, 6.45) is 7.33. The van der Waals surface area contributed by atoms with Crippen molar-refractivity contribution < 1.29 is 19.8 Å². The molecule has 0 aromatic heterocycles. The largest absolute Gasteiger partial charge is 0.481 e. The molecule has 0 aliphatic heterocycles. The van der Waals surface area contributed by atoms with Gasteiger partial charge in [-0.3, -0.25) is 9.59 Å². The van der Waals surface area contributed by atoms with Crippen molar-refractivity contribution in [3.05, 3.63) is 0 Å². The molecular formula is C18H30O4. The number of carboxylic acids is 2. The number of carboxylic acid groups (broad SMARTS) is 2. The van der Waals surface area contributed by atoms with Gasteiger partial charge in [0, 0.05) is 0 Å². The molecule has 0 heterocycles. The van der Waals surface area contributed by atoms with Gasteiger partial charge in [-0.25, -0.2) is 0 Å². The van der Waals surface area contributed by atoms with Crippen LogP contribution >= 0.6 is 0 Å². The van der Waals surface area contributed by atoms with Crippen molar-refractivity contribution in [1.29, 1.82) is 0 Å². The summed E-state index contributed by atoms with van der Waals surface area (Å²) in [5.41, 5.74) is 0. The highest BCUT2D eigenvalue weighted by atomic mass is 16.4. The second-order valence-corrected chi connectivity index (χ2v) is 7.33. The highest BCUT2D eigenvalue weighted by Gasteiger charge is 2.48. The minimum Gasteiger partial charge on any atom is -0.481 e. The summed E-state index contributed by atoms with van der Waals surface area (Å²) in [5, 5.41) is 19.0. The first-order chi connectivity index (χ1) is 10.5. The lowest BCUT2D eigenvalue weighted by Gasteiger charge is -2.49. The second kappa shape index (κ2) is 7.47. The van der Waals surface area contributed by atoms with Crippen LogP contribution in [0.3, 0.4) is 0 Å². The molecule has 2 aliphatic carbocycles. The smallest absolute Gasteiger partial charge is 0.306 e. The van der Waals surface area contributed by atoms with E-state index in [0.29, 0.717) is 17.8 Å². The van der Waals surface area contributed by atoms with Gasteiger partial charge in [0.25, 0.3) is 0 Å². The molecule has 126 valence electrons. The van der Waals surface area contributed by atoms with E-state index in [1.54, 1.807) is 0 Å². The van der Waals surface area contributed by atoms with Crippen LogP contribution in [0.15, 0.2) is 0 Å². The van der Waals surface area contributed by atoms with Crippen LogP contribution in [0.1, 0.15) is 65.2 Å². The highest BCUT2D eigenvalue weighted by molar-refractivity contribution is 5.71. The highest BCUT2D eigenvalue weighted by Crippen LogP contribution is 2.52. The Bertz CT molecular complexity index is 406. The Morgan fingerprint density at radius 1 is 1.00 bits per heavy atom. The second-order valence-electron chi connectivity index (χ2n) is 7.33. The normalized spacial score (nSPS) is 38.3. The zero-order valence-electron chi connectivity index (χ0n) is 13.8. The lowest BCUT2D eigenvalue weighted by molar-refractivity contribution is -0.154. The van der Waals surface area contributed by atoms with Crippen molar-refractivity contribution in [3.8, 4) is 0 Å². The van der Waals surface area contributed by atoms with E-state index < -0.39 is 11.9 Å². The molecule has 0 aromatic carbocycles. The molecule has 0 radical (unpaired) electrons. The predicted molar refractivity (Wildman–Crippen MR) is 84.5 cm³/mol. The summed E-state index contributed by atoms with van der Waals surface area (Å²) in [7, 11) is 0. The lowest BCUT2D eigenvalue weighted by Crippen LogP contribution is -2.46. The van der Waals surface area contributed by atoms with Crippen LogP contribution in [0, 0.1) is 35.5 Å². The molecule has 6 atom stereocenters. The van der Waals surface area contributed by atoms with Gasteiger partial charge >= 0.3 is 11.9 Å². The Kier molecular flexibility index (Phi) is 5.87. The fourth-order valence-corrected chi connectivity index (χ4v) is 5.17. The average Bonchev–Trinajstić information content (AvgIpc) is 2.50. The average molecular weight is 310 g/mol. The zero-order chi connectivity index (χ0) is 16.3. The van der Waals surface area contributed by atoms with Crippen molar-refractivity contribution in [3.63, 3.8) is 0 Å². The third kappa shape index (κ3) is 3.47. The Labute approximate surface area is 133 Å². The van der Waals surface area contributed by atoms with E-state index in [2.05, 4.69) is 13.8 Å². The van der Waals surface area contributed by atoms with Crippen molar-refractivity contribution in [2.75, 3.05) is 0 Å². The first-order valence-corrected chi connectivity index (χ1v) is 8.95. The maximum Gasteiger partial charge on any atom is 0.306 e. The molecule has 0 spiro atoms. The van der Waals surface area contributed by atoms with E-state index in [1.807, 2.05) is 0 Å². The van der Waals surface area contributed by atoms with Crippen molar-refractivity contribution in [2.24, 2.45) is 35.5 Å². The number of fused-ring (bicyclic) bond motifs is 1. The molecular weight excluding hydrogens is 280 g/mol. The molecule has 2 rings (SSSR count). The summed E-state index contributed by atoms with van der Waals surface area (Å²) in [4.78, 5) is 23.1. The minimum atomic E-state index is -0.666. The number of unbranched alkanes of at least 4 members (excludes halogenated alkanes) is 1. The van der Waals surface area contributed by atoms with E-state index in [0.717, 1.165) is 51.4 Å². The molecule has 2 saturated carbocycles. The third-order valence-corrected chi connectivity index (χ3v) is 6.25. The van der Waals surface area contributed by atoms with Gasteiger partial charge in [-0.2, -0.15) is 0 Å². The van der Waals surface area contributed by atoms with Crippen LogP contribution in [0.25, 0.3) is 0 Å². The molecule has 0 amide bonds. The van der Waals surface area contributed by atoms with Crippen LogP contribution in [0.5, 0.6) is 0 Å². The maximum atomic E-state index is 11.7. The molecule has 4 heteroatoms. The van der Waals surface area contributed by atoms with E-state index >= 15 is 0 Å². The van der Waals surface area contributed by atoms with Gasteiger partial charge in [-0.05, 0) is 55.8 Å². The number of rotatable bonds is 6. The van der Waals surface area contributed by atoms with E-state index in [1.165, 1.54) is 0 Å². The van der Waals surface area contributed by atoms with Crippen LogP contribution in [-0.4, -0.2) is 22.2 Å². The zero-order valence-corrected chi connectivity index (χ0v) is 13.8. The summed E-state index contributed by atoms with van der Waals surface area (Å²) >= 11 is 0. The molecule has 0 saturated heterocycles. The van der Waals surface area contributed by atoms with Crippen LogP contribution in [0.4, 0.5) is 0 Å². The van der Waals surface area contributed by atoms with Gasteiger partial charge < -0.3 is 10.2 Å². The van der Waals surface area contributed by atoms with E-state index in [-0.39, 0.29) is 17.8 Å². The van der Waals surface area contributed by atoms with Gasteiger partial charge in [-0.1, -0.05) is 33.1 Å². The van der Waals surface area contributed by atoms with Gasteiger partial charge in [-0.15, -0.1) is 0 Å². The fourth-order valence-electron chi connectivity index (χ4n) is 5.17. The standard InChI is InChI=1S/C18H30O4/c1-3-5-6-14-13(4-2)16(18(21)22)9-11-7-8-12(17(19)20)10-15(11)14/h11-16H,3-10H2,1-2H3,(H,19,20)(H,21,22). The molecule has 0 aromatic rings. The number of hydrogen-bond donors (Lipinski definition) is 2. The van der Waals surface area contributed by atoms with Gasteiger partial charge in [0.05, 0.1) is 11.8 Å². The Balaban J connectivity index is 2.22. The molecule has 22 heavy (non-hydrogen) atoms. The SMILES string of the molecule is CCCCC1C2CC(C(=O)O)CCC2CC(C(=O)O)C1CC. The third-order valence-electron chi connectivity index (χ3n) is 6.25. The molecule has 2 aliphatic rings. The molecule has 2 fully saturated rings. The quantitative estimate of drug-likeness (QED) is 0.776. The van der Waals surface area contributed by atoms with Crippen LogP contribution < -0.4 is 0 Å². The van der Waals surface area contributed by atoms with E-state index in [4.69, 9.17) is 0 Å². The molecule has 4 nitrogen and oxygen atoms in total. The van der Waals surface area contributed by atoms with Crippen LogP contribution in [-0.2, 0) is 9.59 Å². The Morgan fingerprint density at radius 2 is 1.73 bits per heavy atom. The van der Waals surface area contributed by atoms with Crippen molar-refractivity contribution in [1.82, 2.24) is 0 Å². The first kappa shape index (κ1) is 17.3.